The van der Waals surface area contributed by atoms with E-state index in [-0.39, 0.29) is 30.5 Å². The van der Waals surface area contributed by atoms with E-state index in [1.165, 1.54) is 5.06 Å². The third-order valence-electron chi connectivity index (χ3n) is 6.56. The van der Waals surface area contributed by atoms with Gasteiger partial charge < -0.3 is 15.5 Å². The van der Waals surface area contributed by atoms with Crippen LogP contribution in [0.1, 0.15) is 30.0 Å². The summed E-state index contributed by atoms with van der Waals surface area (Å²) in [7, 11) is 0. The summed E-state index contributed by atoms with van der Waals surface area (Å²) in [6.07, 6.45) is 1.14. The lowest BCUT2D eigenvalue weighted by molar-refractivity contribution is -0.140. The Morgan fingerprint density at radius 2 is 1.53 bits per heavy atom. The summed E-state index contributed by atoms with van der Waals surface area (Å²) in [6, 6.07) is 25.8. The smallest absolute Gasteiger partial charge is 0.339 e. The molecule has 36 heavy (non-hydrogen) atoms. The number of piperidine rings is 1. The van der Waals surface area contributed by atoms with Gasteiger partial charge in [-0.15, -0.1) is 0 Å². The Kier molecular flexibility index (Phi) is 6.95. The highest BCUT2D eigenvalue weighted by Gasteiger charge is 2.48. The zero-order valence-electron chi connectivity index (χ0n) is 19.7. The van der Waals surface area contributed by atoms with Crippen LogP contribution >= 0.6 is 0 Å². The van der Waals surface area contributed by atoms with Crippen molar-refractivity contribution in [1.82, 2.24) is 15.3 Å². The van der Waals surface area contributed by atoms with Gasteiger partial charge >= 0.3 is 6.03 Å². The molecule has 2 bridgehead atoms. The van der Waals surface area contributed by atoms with Gasteiger partial charge in [0.15, 0.2) is 0 Å². The van der Waals surface area contributed by atoms with Crippen LogP contribution in [0.3, 0.4) is 0 Å². The summed E-state index contributed by atoms with van der Waals surface area (Å²) in [5.41, 5.74) is 2.26. The number of hydrogen-bond acceptors (Lipinski definition) is 4. The number of urea groups is 1. The van der Waals surface area contributed by atoms with Gasteiger partial charge in [-0.1, -0.05) is 78.9 Å². The van der Waals surface area contributed by atoms with Gasteiger partial charge in [-0.2, -0.15) is 5.06 Å². The minimum atomic E-state index is -0.903. The van der Waals surface area contributed by atoms with E-state index in [1.54, 1.807) is 29.2 Å². The van der Waals surface area contributed by atoms with Crippen LogP contribution in [0.2, 0.25) is 0 Å². The van der Waals surface area contributed by atoms with E-state index in [0.29, 0.717) is 30.6 Å². The molecule has 2 aliphatic rings. The maximum absolute atomic E-state index is 13.4. The SMILES string of the molecule is O=C(Nc1ccccc1)[C@H](NC(=O)[C@@H]1CC[C@H]2CN1C(=O)N2OCc1ccccc1)c1ccccc1. The number of para-hydroxylation sites is 1. The number of anilines is 1. The van der Waals surface area contributed by atoms with E-state index in [2.05, 4.69) is 10.6 Å². The molecule has 0 spiro atoms. The molecule has 3 aromatic rings. The fourth-order valence-corrected chi connectivity index (χ4v) is 4.71. The van der Waals surface area contributed by atoms with Gasteiger partial charge in [-0.3, -0.25) is 14.4 Å². The van der Waals surface area contributed by atoms with E-state index in [4.69, 9.17) is 4.84 Å². The lowest BCUT2D eigenvalue weighted by Gasteiger charge is -2.30. The molecule has 2 saturated heterocycles. The molecule has 0 aromatic heterocycles. The number of carbonyl (C=O) groups is 3. The summed E-state index contributed by atoms with van der Waals surface area (Å²) >= 11 is 0. The van der Waals surface area contributed by atoms with Crippen molar-refractivity contribution >= 4 is 23.5 Å². The molecule has 3 atom stereocenters. The predicted octanol–water partition coefficient (Wildman–Crippen LogP) is 3.88. The summed E-state index contributed by atoms with van der Waals surface area (Å²) in [5, 5.41) is 7.16. The molecule has 184 valence electrons. The third kappa shape index (κ3) is 5.08. The number of fused-ring (bicyclic) bond motifs is 2. The molecule has 3 aromatic carbocycles. The minimum Gasteiger partial charge on any atom is -0.339 e. The topological polar surface area (TPSA) is 91.0 Å². The average molecular weight is 485 g/mol. The molecule has 2 fully saturated rings. The van der Waals surface area contributed by atoms with Crippen LogP contribution < -0.4 is 10.6 Å². The van der Waals surface area contributed by atoms with E-state index >= 15 is 0 Å². The van der Waals surface area contributed by atoms with Crippen molar-refractivity contribution in [2.45, 2.75) is 37.6 Å². The highest BCUT2D eigenvalue weighted by molar-refractivity contribution is 5.99. The molecule has 0 radical (unpaired) electrons. The van der Waals surface area contributed by atoms with Crippen LogP contribution in [-0.2, 0) is 21.0 Å². The van der Waals surface area contributed by atoms with Crippen LogP contribution in [0.25, 0.3) is 0 Å². The zero-order valence-corrected chi connectivity index (χ0v) is 19.7. The second kappa shape index (κ2) is 10.6. The first kappa shape index (κ1) is 23.6. The van der Waals surface area contributed by atoms with Gasteiger partial charge in [-0.05, 0) is 36.1 Å². The average Bonchev–Trinajstić information content (AvgIpc) is 3.16. The molecule has 4 amide bonds. The van der Waals surface area contributed by atoms with Crippen molar-refractivity contribution in [2.24, 2.45) is 0 Å². The Hall–Kier alpha value is -4.17. The van der Waals surface area contributed by atoms with Crippen molar-refractivity contribution in [3.8, 4) is 0 Å². The van der Waals surface area contributed by atoms with Crippen molar-refractivity contribution in [1.29, 1.82) is 0 Å². The molecule has 0 aliphatic carbocycles. The molecule has 2 aliphatic heterocycles. The zero-order chi connectivity index (χ0) is 24.9. The summed E-state index contributed by atoms with van der Waals surface area (Å²) < 4.78 is 0. The number of hydrogen-bond donors (Lipinski definition) is 2. The molecular weight excluding hydrogens is 456 g/mol. The number of nitrogens with zero attached hydrogens (tertiary/aromatic N) is 2. The maximum atomic E-state index is 13.4. The molecular formula is C28H28N4O4. The second-order valence-corrected chi connectivity index (χ2v) is 8.97. The Morgan fingerprint density at radius 1 is 0.889 bits per heavy atom. The van der Waals surface area contributed by atoms with Crippen LogP contribution in [0.15, 0.2) is 91.0 Å². The largest absolute Gasteiger partial charge is 0.345 e. The first-order chi connectivity index (χ1) is 17.6. The number of nitrogens with one attached hydrogen (secondary N) is 2. The summed E-state index contributed by atoms with van der Waals surface area (Å²) in [6.45, 7) is 0.696. The number of hydroxylamine groups is 2. The molecule has 5 rings (SSSR count). The lowest BCUT2D eigenvalue weighted by atomic mass is 9.99. The molecule has 2 heterocycles. The first-order valence-electron chi connectivity index (χ1n) is 12.1. The Labute approximate surface area is 209 Å². The van der Waals surface area contributed by atoms with Gasteiger partial charge in [0.1, 0.15) is 18.7 Å². The molecule has 8 heteroatoms. The normalized spacial score (nSPS) is 19.6. The van der Waals surface area contributed by atoms with E-state index in [0.717, 1.165) is 5.56 Å². The Balaban J connectivity index is 1.27. The van der Waals surface area contributed by atoms with Crippen LogP contribution in [-0.4, -0.2) is 46.4 Å². The molecule has 0 unspecified atom stereocenters. The van der Waals surface area contributed by atoms with Gasteiger partial charge in [0.25, 0.3) is 5.91 Å². The third-order valence-corrected chi connectivity index (χ3v) is 6.56. The second-order valence-electron chi connectivity index (χ2n) is 8.97. The highest BCUT2D eigenvalue weighted by atomic mass is 16.7. The van der Waals surface area contributed by atoms with Gasteiger partial charge in [0.2, 0.25) is 5.91 Å². The quantitative estimate of drug-likeness (QED) is 0.508. The Bertz CT molecular complexity index is 1210. The summed E-state index contributed by atoms with van der Waals surface area (Å²) in [4.78, 5) is 47.1. The standard InChI is InChI=1S/C28H28N4O4/c33-26(30-25(21-12-6-2-7-13-21)27(34)29-22-14-8-3-9-15-22)24-17-16-23-18-31(24)28(35)32(23)36-19-20-10-4-1-5-11-20/h1-15,23-25H,16-19H2,(H,29,34)(H,30,33)/t23-,24-,25+/m0/s1. The maximum Gasteiger partial charge on any atom is 0.345 e. The number of rotatable bonds is 8. The number of benzene rings is 3. The van der Waals surface area contributed by atoms with Crippen molar-refractivity contribution < 1.29 is 19.2 Å². The fourth-order valence-electron chi connectivity index (χ4n) is 4.71. The van der Waals surface area contributed by atoms with Crippen LogP contribution in [0, 0.1) is 0 Å². The van der Waals surface area contributed by atoms with E-state index in [9.17, 15) is 14.4 Å². The van der Waals surface area contributed by atoms with Crippen molar-refractivity contribution in [3.05, 3.63) is 102 Å². The molecule has 2 N–H and O–H groups in total. The minimum absolute atomic E-state index is 0.100. The van der Waals surface area contributed by atoms with Gasteiger partial charge in [-0.25, -0.2) is 4.79 Å². The Morgan fingerprint density at radius 3 is 2.22 bits per heavy atom. The summed E-state index contributed by atoms with van der Waals surface area (Å²) in [5.74, 6) is -0.709. The van der Waals surface area contributed by atoms with Crippen molar-refractivity contribution in [3.63, 3.8) is 0 Å². The predicted molar refractivity (Wildman–Crippen MR) is 134 cm³/mol. The number of carbonyl (C=O) groups excluding carboxylic acids is 3. The van der Waals surface area contributed by atoms with Crippen LogP contribution in [0.4, 0.5) is 10.5 Å². The van der Waals surface area contributed by atoms with Crippen LogP contribution in [0.5, 0.6) is 0 Å². The van der Waals surface area contributed by atoms with E-state index in [1.807, 2.05) is 66.7 Å². The van der Waals surface area contributed by atoms with E-state index < -0.39 is 12.1 Å². The monoisotopic (exact) mass is 484 g/mol. The molecule has 0 saturated carbocycles. The van der Waals surface area contributed by atoms with Gasteiger partial charge in [0, 0.05) is 12.2 Å². The van der Waals surface area contributed by atoms with Crippen molar-refractivity contribution in [2.75, 3.05) is 11.9 Å². The lowest BCUT2D eigenvalue weighted by Crippen LogP contribution is -2.51. The first-order valence-corrected chi connectivity index (χ1v) is 12.1. The fraction of sp³-hybridized carbons (Fsp3) is 0.250. The van der Waals surface area contributed by atoms with Gasteiger partial charge in [0.05, 0.1) is 6.04 Å². The number of amides is 4. The molecule has 8 nitrogen and oxygen atoms in total. The highest BCUT2D eigenvalue weighted by Crippen LogP contribution is 2.31.